The molecule has 94 valence electrons. The monoisotopic (exact) mass is 242 g/mol. The predicted octanol–water partition coefficient (Wildman–Crippen LogP) is -0.421. The summed E-state index contributed by atoms with van der Waals surface area (Å²) in [7, 11) is 0. The van der Waals surface area contributed by atoms with Crippen LogP contribution in [0.2, 0.25) is 0 Å². The highest BCUT2D eigenvalue weighted by molar-refractivity contribution is 5.84. The molecule has 3 N–H and O–H groups in total. The van der Waals surface area contributed by atoms with Gasteiger partial charge in [0, 0.05) is 0 Å². The molecule has 0 aromatic carbocycles. The van der Waals surface area contributed by atoms with Crippen LogP contribution < -0.4 is 5.32 Å². The Kier molecular flexibility index (Phi) is 6.18. The summed E-state index contributed by atoms with van der Waals surface area (Å²) in [4.78, 5) is 33.1. The van der Waals surface area contributed by atoms with E-state index in [1.807, 2.05) is 0 Å². The van der Waals surface area contributed by atoms with Gasteiger partial charge in [-0.05, 0) is 6.42 Å². The lowest BCUT2D eigenvalue weighted by molar-refractivity contribution is -0.140. The van der Waals surface area contributed by atoms with Gasteiger partial charge in [-0.1, -0.05) is 12.8 Å². The van der Waals surface area contributed by atoms with Crippen LogP contribution in [-0.4, -0.2) is 52.2 Å². The minimum atomic E-state index is -1.30. The average Bonchev–Trinajstić information content (AvgIpc) is 2.23. The van der Waals surface area contributed by atoms with Crippen molar-refractivity contribution in [3.05, 3.63) is 0 Å². The zero-order valence-corrected chi connectivity index (χ0v) is 9.34. The van der Waals surface area contributed by atoms with Crippen molar-refractivity contribution in [2.75, 3.05) is 13.1 Å². The minimum Gasteiger partial charge on any atom is -0.480 e. The molecule has 0 heterocycles. The molecule has 0 aromatic heterocycles. The number of nitrogens with one attached hydrogen (secondary N) is 1. The molecule has 0 rings (SSSR count). The number of hydrogen-bond donors (Lipinski definition) is 3. The molecule has 0 aliphatic carbocycles. The third-order valence-corrected chi connectivity index (χ3v) is 1.85. The molecular weight excluding hydrogens is 228 g/mol. The van der Waals surface area contributed by atoms with Gasteiger partial charge in [0.1, 0.15) is 13.1 Å². The highest BCUT2D eigenvalue weighted by Crippen LogP contribution is 1.94. The van der Waals surface area contributed by atoms with Gasteiger partial charge in [0.25, 0.3) is 0 Å². The molecule has 1 unspecified atom stereocenters. The second kappa shape index (κ2) is 7.11. The molecular formula is C10H14N2O5. The smallest absolute Gasteiger partial charge is 0.323 e. The summed E-state index contributed by atoms with van der Waals surface area (Å²) in [6.45, 7) is 0.349. The van der Waals surface area contributed by atoms with Crippen LogP contribution in [0.5, 0.6) is 0 Å². The maximum atomic E-state index is 11.5. The highest BCUT2D eigenvalue weighted by atomic mass is 16.4. The number of urea groups is 1. The molecule has 7 heteroatoms. The molecule has 17 heavy (non-hydrogen) atoms. The summed E-state index contributed by atoms with van der Waals surface area (Å²) in [6, 6.07) is -1.35. The van der Waals surface area contributed by atoms with Crippen LogP contribution >= 0.6 is 0 Å². The maximum Gasteiger partial charge on any atom is 0.323 e. The number of amides is 2. The first-order valence-electron chi connectivity index (χ1n) is 4.85. The zero-order valence-electron chi connectivity index (χ0n) is 9.34. The Bertz CT molecular complexity index is 331. The van der Waals surface area contributed by atoms with Crippen LogP contribution in [0.3, 0.4) is 0 Å². The maximum absolute atomic E-state index is 11.5. The van der Waals surface area contributed by atoms with Gasteiger partial charge in [0.05, 0.1) is 6.04 Å². The quantitative estimate of drug-likeness (QED) is 0.548. The van der Waals surface area contributed by atoms with Gasteiger partial charge < -0.3 is 20.4 Å². The summed E-state index contributed by atoms with van der Waals surface area (Å²) >= 11 is 0. The number of rotatable bonds is 6. The van der Waals surface area contributed by atoms with Crippen molar-refractivity contribution in [3.63, 3.8) is 0 Å². The summed E-state index contributed by atoms with van der Waals surface area (Å²) < 4.78 is 0. The van der Waals surface area contributed by atoms with Crippen LogP contribution in [0, 0.1) is 12.3 Å². The van der Waals surface area contributed by atoms with Crippen molar-refractivity contribution in [2.24, 2.45) is 0 Å². The van der Waals surface area contributed by atoms with Crippen LogP contribution in [0.1, 0.15) is 13.3 Å². The minimum absolute atomic E-state index is 0.468. The van der Waals surface area contributed by atoms with Crippen molar-refractivity contribution < 1.29 is 24.6 Å². The highest BCUT2D eigenvalue weighted by Gasteiger charge is 2.20. The largest absolute Gasteiger partial charge is 0.480 e. The summed E-state index contributed by atoms with van der Waals surface area (Å²) in [5, 5.41) is 19.4. The van der Waals surface area contributed by atoms with Crippen LogP contribution in [0.4, 0.5) is 4.79 Å². The lowest BCUT2D eigenvalue weighted by atomic mass is 10.2. The molecule has 0 saturated heterocycles. The van der Waals surface area contributed by atoms with E-state index in [-0.39, 0.29) is 0 Å². The number of nitrogens with zero attached hydrogens (tertiary/aromatic N) is 1. The fraction of sp³-hybridized carbons (Fsp3) is 0.500. The molecule has 2 amide bonds. The molecule has 7 nitrogen and oxygen atoms in total. The third-order valence-electron chi connectivity index (χ3n) is 1.85. The van der Waals surface area contributed by atoms with E-state index in [9.17, 15) is 14.4 Å². The predicted molar refractivity (Wildman–Crippen MR) is 58.3 cm³/mol. The van der Waals surface area contributed by atoms with Gasteiger partial charge in [-0.3, -0.25) is 9.59 Å². The molecule has 0 saturated carbocycles. The summed E-state index contributed by atoms with van der Waals surface area (Å²) in [6.07, 6.45) is 5.59. The first kappa shape index (κ1) is 14.8. The normalized spacial score (nSPS) is 11.1. The number of carbonyl (C=O) groups excluding carboxylic acids is 1. The number of carbonyl (C=O) groups is 3. The molecule has 0 aliphatic heterocycles. The summed E-state index contributed by atoms with van der Waals surface area (Å²) in [5.41, 5.74) is 0. The van der Waals surface area contributed by atoms with Crippen LogP contribution in [-0.2, 0) is 9.59 Å². The second-order valence-corrected chi connectivity index (χ2v) is 3.22. The fourth-order valence-corrected chi connectivity index (χ4v) is 1.03. The number of carboxylic acids is 2. The van der Waals surface area contributed by atoms with Gasteiger partial charge in [0.2, 0.25) is 0 Å². The number of hydrogen-bond acceptors (Lipinski definition) is 3. The lowest BCUT2D eigenvalue weighted by Gasteiger charge is -2.21. The molecule has 0 spiro atoms. The Hall–Kier alpha value is -2.23. The Morgan fingerprint density at radius 3 is 2.06 bits per heavy atom. The van der Waals surface area contributed by atoms with E-state index in [1.54, 1.807) is 6.92 Å². The van der Waals surface area contributed by atoms with Gasteiger partial charge in [-0.15, -0.1) is 6.42 Å². The Labute approximate surface area is 98.4 Å². The first-order valence-corrected chi connectivity index (χ1v) is 4.85. The second-order valence-electron chi connectivity index (χ2n) is 3.22. The Morgan fingerprint density at radius 2 is 1.76 bits per heavy atom. The van der Waals surface area contributed by atoms with Gasteiger partial charge in [-0.2, -0.15) is 0 Å². The fourth-order valence-electron chi connectivity index (χ4n) is 1.03. The number of terminal acetylenes is 1. The van der Waals surface area contributed by atoms with E-state index in [0.717, 1.165) is 0 Å². The van der Waals surface area contributed by atoms with Gasteiger partial charge in [-0.25, -0.2) is 4.79 Å². The Morgan fingerprint density at radius 1 is 1.29 bits per heavy atom. The topological polar surface area (TPSA) is 107 Å². The van der Waals surface area contributed by atoms with Crippen molar-refractivity contribution >= 4 is 18.0 Å². The number of aliphatic carboxylic acids is 2. The average molecular weight is 242 g/mol. The number of carboxylic acid groups (broad SMARTS) is 2. The van der Waals surface area contributed by atoms with Crippen molar-refractivity contribution in [1.29, 1.82) is 0 Å². The van der Waals surface area contributed by atoms with Crippen LogP contribution in [0.15, 0.2) is 0 Å². The van der Waals surface area contributed by atoms with E-state index in [2.05, 4.69) is 11.2 Å². The molecule has 0 fully saturated rings. The van der Waals surface area contributed by atoms with Crippen molar-refractivity contribution in [1.82, 2.24) is 10.2 Å². The summed E-state index contributed by atoms with van der Waals surface area (Å²) in [5.74, 6) is -0.302. The Balaban J connectivity index is 4.57. The molecule has 0 radical (unpaired) electrons. The van der Waals surface area contributed by atoms with E-state index in [1.165, 1.54) is 0 Å². The molecule has 0 aliphatic rings. The van der Waals surface area contributed by atoms with Gasteiger partial charge >= 0.3 is 18.0 Å². The molecule has 1 atom stereocenters. The van der Waals surface area contributed by atoms with E-state index >= 15 is 0 Å². The van der Waals surface area contributed by atoms with E-state index in [4.69, 9.17) is 16.6 Å². The third kappa shape index (κ3) is 6.04. The van der Waals surface area contributed by atoms with E-state index in [0.29, 0.717) is 11.3 Å². The van der Waals surface area contributed by atoms with Crippen molar-refractivity contribution in [2.45, 2.75) is 19.4 Å². The lowest BCUT2D eigenvalue weighted by Crippen LogP contribution is -2.48. The zero-order chi connectivity index (χ0) is 13.4. The van der Waals surface area contributed by atoms with Gasteiger partial charge in [0.15, 0.2) is 0 Å². The molecule has 0 bridgehead atoms. The molecule has 0 aromatic rings. The SMILES string of the molecule is C#CC(CC)NC(=O)N(CC(=O)O)CC(=O)O. The van der Waals surface area contributed by atoms with Crippen LogP contribution in [0.25, 0.3) is 0 Å². The van der Waals surface area contributed by atoms with E-state index < -0.39 is 37.1 Å². The van der Waals surface area contributed by atoms with Crippen molar-refractivity contribution in [3.8, 4) is 12.3 Å². The standard InChI is InChI=1S/C10H14N2O5/c1-3-7(4-2)11-10(17)12(5-8(13)14)6-9(15)16/h1,7H,4-6H2,2H3,(H,11,17)(H,13,14)(H,15,16). The first-order chi connectivity index (χ1) is 7.90.